The Morgan fingerprint density at radius 2 is 1.91 bits per heavy atom. The van der Waals surface area contributed by atoms with Crippen LogP contribution in [0.25, 0.3) is 0 Å². The van der Waals surface area contributed by atoms with Gasteiger partial charge < -0.3 is 15.4 Å². The molecule has 0 amide bonds. The summed E-state index contributed by atoms with van der Waals surface area (Å²) in [6, 6.07) is 3.24. The first-order chi connectivity index (χ1) is 10.0. The summed E-state index contributed by atoms with van der Waals surface area (Å²) in [7, 11) is 1.69. The largest absolute Gasteiger partial charge is 0.489 e. The summed E-state index contributed by atoms with van der Waals surface area (Å²) in [5.74, 6) is 0.0299. The maximum Gasteiger partial charge on any atom is 0.191 e. The lowest BCUT2D eigenvalue weighted by atomic mass is 10.1. The fraction of sp³-hybridized carbons (Fsp3) is 0.533. The van der Waals surface area contributed by atoms with Crippen LogP contribution >= 0.6 is 24.0 Å². The van der Waals surface area contributed by atoms with Gasteiger partial charge in [-0.1, -0.05) is 13.8 Å². The minimum Gasteiger partial charge on any atom is -0.489 e. The van der Waals surface area contributed by atoms with E-state index in [4.69, 9.17) is 4.74 Å². The molecule has 0 unspecified atom stereocenters. The minimum absolute atomic E-state index is 0. The zero-order valence-corrected chi connectivity index (χ0v) is 15.5. The molecule has 4 nitrogen and oxygen atoms in total. The summed E-state index contributed by atoms with van der Waals surface area (Å²) in [5.41, 5.74) is 0. The normalized spacial score (nSPS) is 11.1. The van der Waals surface area contributed by atoms with E-state index in [1.54, 1.807) is 7.05 Å². The van der Waals surface area contributed by atoms with Gasteiger partial charge in [0.05, 0.1) is 6.54 Å². The highest BCUT2D eigenvalue weighted by Gasteiger charge is 2.04. The third-order valence-electron chi connectivity index (χ3n) is 2.78. The molecule has 0 aliphatic heterocycles. The van der Waals surface area contributed by atoms with Crippen LogP contribution in [0.5, 0.6) is 5.75 Å². The average molecular weight is 427 g/mol. The Hall–Kier alpha value is -1.12. The van der Waals surface area contributed by atoms with Crippen LogP contribution in [0.2, 0.25) is 0 Å². The molecular weight excluding hydrogens is 403 g/mol. The first-order valence-electron chi connectivity index (χ1n) is 7.05. The van der Waals surface area contributed by atoms with Crippen LogP contribution in [0.3, 0.4) is 0 Å². The van der Waals surface area contributed by atoms with Crippen molar-refractivity contribution in [1.82, 2.24) is 10.6 Å². The van der Waals surface area contributed by atoms with Crippen LogP contribution in [-0.4, -0.2) is 32.7 Å². The van der Waals surface area contributed by atoms with Crippen molar-refractivity contribution in [2.24, 2.45) is 10.9 Å². The van der Waals surface area contributed by atoms with Gasteiger partial charge in [-0.15, -0.1) is 24.0 Å². The molecule has 0 saturated heterocycles. The maximum absolute atomic E-state index is 13.3. The van der Waals surface area contributed by atoms with Crippen molar-refractivity contribution >= 4 is 29.9 Å². The van der Waals surface area contributed by atoms with Gasteiger partial charge in [-0.05, 0) is 24.5 Å². The second-order valence-corrected chi connectivity index (χ2v) is 5.03. The lowest BCUT2D eigenvalue weighted by Crippen LogP contribution is -2.39. The molecule has 0 spiro atoms. The Balaban J connectivity index is 0.00000441. The van der Waals surface area contributed by atoms with Crippen molar-refractivity contribution < 1.29 is 13.5 Å². The molecule has 0 aliphatic carbocycles. The third kappa shape index (κ3) is 8.35. The van der Waals surface area contributed by atoms with E-state index in [1.807, 2.05) is 0 Å². The van der Waals surface area contributed by atoms with E-state index in [9.17, 15) is 8.78 Å². The second-order valence-electron chi connectivity index (χ2n) is 5.03. The Kier molecular flexibility index (Phi) is 10.9. The van der Waals surface area contributed by atoms with Gasteiger partial charge in [0.15, 0.2) is 17.5 Å². The second kappa shape index (κ2) is 11.4. The molecule has 0 aliphatic rings. The Morgan fingerprint density at radius 1 is 1.23 bits per heavy atom. The number of aliphatic imine (C=N–C) groups is 1. The van der Waals surface area contributed by atoms with Crippen molar-refractivity contribution in [1.29, 1.82) is 0 Å². The lowest BCUT2D eigenvalue weighted by Gasteiger charge is -2.13. The summed E-state index contributed by atoms with van der Waals surface area (Å²) < 4.78 is 31.3. The van der Waals surface area contributed by atoms with E-state index in [1.165, 1.54) is 6.07 Å². The molecule has 126 valence electrons. The van der Waals surface area contributed by atoms with Crippen LogP contribution in [-0.2, 0) is 0 Å². The van der Waals surface area contributed by atoms with Crippen LogP contribution in [0, 0.1) is 17.6 Å². The molecule has 1 aromatic carbocycles. The van der Waals surface area contributed by atoms with Gasteiger partial charge in [0.25, 0.3) is 0 Å². The highest BCUT2D eigenvalue weighted by atomic mass is 127. The molecule has 0 heterocycles. The third-order valence-corrected chi connectivity index (χ3v) is 2.78. The molecule has 0 atom stereocenters. The zero-order chi connectivity index (χ0) is 15.7. The van der Waals surface area contributed by atoms with E-state index in [0.717, 1.165) is 25.1 Å². The molecule has 0 bridgehead atoms. The molecule has 7 heteroatoms. The predicted octanol–water partition coefficient (Wildman–Crippen LogP) is 3.17. The maximum atomic E-state index is 13.3. The molecule has 0 radical (unpaired) electrons. The number of rotatable bonds is 7. The van der Waals surface area contributed by atoms with E-state index >= 15 is 0 Å². The topological polar surface area (TPSA) is 45.7 Å². The Labute approximate surface area is 147 Å². The molecular formula is C15H24F2IN3O. The highest BCUT2D eigenvalue weighted by molar-refractivity contribution is 14.0. The first kappa shape index (κ1) is 20.9. The van der Waals surface area contributed by atoms with Crippen LogP contribution in [0.15, 0.2) is 23.2 Å². The Bertz CT molecular complexity index is 470. The van der Waals surface area contributed by atoms with E-state index < -0.39 is 11.6 Å². The van der Waals surface area contributed by atoms with Crippen LogP contribution in [0.4, 0.5) is 8.78 Å². The number of halogens is 3. The summed E-state index contributed by atoms with van der Waals surface area (Å²) in [6.07, 6.45) is 1.05. The number of ether oxygens (including phenoxy) is 1. The summed E-state index contributed by atoms with van der Waals surface area (Å²) >= 11 is 0. The predicted molar refractivity (Wildman–Crippen MR) is 96.1 cm³/mol. The van der Waals surface area contributed by atoms with Gasteiger partial charge in [-0.3, -0.25) is 4.99 Å². The van der Waals surface area contributed by atoms with Gasteiger partial charge in [-0.2, -0.15) is 0 Å². The molecule has 1 aromatic rings. The lowest BCUT2D eigenvalue weighted by molar-refractivity contribution is 0.304. The molecule has 0 saturated carbocycles. The van der Waals surface area contributed by atoms with Crippen LogP contribution < -0.4 is 15.4 Å². The summed E-state index contributed by atoms with van der Waals surface area (Å²) in [6.45, 7) is 5.88. The summed E-state index contributed by atoms with van der Waals surface area (Å²) in [4.78, 5) is 4.07. The van der Waals surface area contributed by atoms with Crippen molar-refractivity contribution in [3.63, 3.8) is 0 Å². The SMILES string of the molecule is CN=C(NCCOc1ccc(F)cc1F)NCCC(C)C.I. The number of guanidine groups is 1. The van der Waals surface area contributed by atoms with Crippen molar-refractivity contribution in [3.05, 3.63) is 29.8 Å². The number of nitrogens with zero attached hydrogens (tertiary/aromatic N) is 1. The van der Waals surface area contributed by atoms with Gasteiger partial charge in [0, 0.05) is 19.7 Å². The number of hydrogen-bond acceptors (Lipinski definition) is 2. The van der Waals surface area contributed by atoms with Crippen molar-refractivity contribution in [3.8, 4) is 5.75 Å². The molecule has 2 N–H and O–H groups in total. The minimum atomic E-state index is -0.700. The van der Waals surface area contributed by atoms with Crippen LogP contribution in [0.1, 0.15) is 20.3 Å². The molecule has 0 aromatic heterocycles. The van der Waals surface area contributed by atoms with Gasteiger partial charge in [-0.25, -0.2) is 8.78 Å². The molecule has 22 heavy (non-hydrogen) atoms. The van der Waals surface area contributed by atoms with E-state index in [0.29, 0.717) is 18.4 Å². The van der Waals surface area contributed by atoms with Gasteiger partial charge in [0.2, 0.25) is 0 Å². The standard InChI is InChI=1S/C15H23F2N3O.HI/c1-11(2)6-7-19-15(18-3)20-8-9-21-14-5-4-12(16)10-13(14)17;/h4-5,10-11H,6-9H2,1-3H3,(H2,18,19,20);1H. The van der Waals surface area contributed by atoms with Gasteiger partial charge in [0.1, 0.15) is 12.4 Å². The fourth-order valence-corrected chi connectivity index (χ4v) is 1.62. The van der Waals surface area contributed by atoms with E-state index in [-0.39, 0.29) is 36.3 Å². The van der Waals surface area contributed by atoms with Gasteiger partial charge >= 0.3 is 0 Å². The number of hydrogen-bond donors (Lipinski definition) is 2. The monoisotopic (exact) mass is 427 g/mol. The van der Waals surface area contributed by atoms with Crippen molar-refractivity contribution in [2.75, 3.05) is 26.7 Å². The summed E-state index contributed by atoms with van der Waals surface area (Å²) in [5, 5.41) is 6.24. The fourth-order valence-electron chi connectivity index (χ4n) is 1.62. The average Bonchev–Trinajstić information content (AvgIpc) is 2.43. The number of nitrogens with one attached hydrogen (secondary N) is 2. The number of benzene rings is 1. The molecule has 0 fully saturated rings. The highest BCUT2D eigenvalue weighted by Crippen LogP contribution is 2.17. The first-order valence-corrected chi connectivity index (χ1v) is 7.05. The molecule has 1 rings (SSSR count). The Morgan fingerprint density at radius 3 is 2.50 bits per heavy atom. The van der Waals surface area contributed by atoms with Crippen molar-refractivity contribution in [2.45, 2.75) is 20.3 Å². The zero-order valence-electron chi connectivity index (χ0n) is 13.2. The van der Waals surface area contributed by atoms with E-state index in [2.05, 4.69) is 29.5 Å². The smallest absolute Gasteiger partial charge is 0.191 e. The quantitative estimate of drug-likeness (QED) is 0.304.